The number of aromatic hydroxyl groups is 1. The van der Waals surface area contributed by atoms with Crippen LogP contribution in [0.5, 0.6) is 5.75 Å². The lowest BCUT2D eigenvalue weighted by atomic mass is 10.1. The number of hydrogen-bond donors (Lipinski definition) is 1. The van der Waals surface area contributed by atoms with Gasteiger partial charge in [-0.05, 0) is 44.0 Å². The van der Waals surface area contributed by atoms with Gasteiger partial charge in [0.15, 0.2) is 0 Å². The van der Waals surface area contributed by atoms with E-state index >= 15 is 0 Å². The Bertz CT molecular complexity index is 621. The van der Waals surface area contributed by atoms with E-state index in [0.717, 1.165) is 18.5 Å². The minimum Gasteiger partial charge on any atom is -0.508 e. The first-order valence-corrected chi connectivity index (χ1v) is 7.21. The predicted molar refractivity (Wildman–Crippen MR) is 81.8 cm³/mol. The van der Waals surface area contributed by atoms with Gasteiger partial charge < -0.3 is 5.11 Å². The van der Waals surface area contributed by atoms with Crippen molar-refractivity contribution in [3.8, 4) is 5.75 Å². The van der Waals surface area contributed by atoms with Gasteiger partial charge in [-0.25, -0.2) is 0 Å². The molecule has 104 valence electrons. The third-order valence-corrected chi connectivity index (χ3v) is 4.29. The predicted octanol–water partition coefficient (Wildman–Crippen LogP) is 3.82. The van der Waals surface area contributed by atoms with Crippen LogP contribution in [0.3, 0.4) is 0 Å². The van der Waals surface area contributed by atoms with Gasteiger partial charge in [-0.15, -0.1) is 0 Å². The largest absolute Gasteiger partial charge is 0.508 e. The van der Waals surface area contributed by atoms with Crippen LogP contribution in [-0.2, 0) is 13.0 Å². The molecule has 20 heavy (non-hydrogen) atoms. The minimum absolute atomic E-state index is 0.397. The molecule has 1 aliphatic carbocycles. The summed E-state index contributed by atoms with van der Waals surface area (Å²) in [5.74, 6) is 0.397. The SMILES string of the molecule is Cc1ccc(O)c(CN(C)C2CCc3ccccc32)c1. The van der Waals surface area contributed by atoms with E-state index in [4.69, 9.17) is 0 Å². The fourth-order valence-electron chi connectivity index (χ4n) is 3.21. The van der Waals surface area contributed by atoms with Gasteiger partial charge in [0.05, 0.1) is 0 Å². The van der Waals surface area contributed by atoms with Crippen LogP contribution in [0.1, 0.15) is 34.7 Å². The van der Waals surface area contributed by atoms with E-state index in [1.807, 2.05) is 6.07 Å². The normalized spacial score (nSPS) is 17.4. The third kappa shape index (κ3) is 2.44. The lowest BCUT2D eigenvalue weighted by Crippen LogP contribution is -2.22. The number of aryl methyl sites for hydroxylation is 2. The highest BCUT2D eigenvalue weighted by Crippen LogP contribution is 2.36. The van der Waals surface area contributed by atoms with E-state index in [-0.39, 0.29) is 0 Å². The van der Waals surface area contributed by atoms with Gasteiger partial charge >= 0.3 is 0 Å². The van der Waals surface area contributed by atoms with E-state index in [9.17, 15) is 5.11 Å². The zero-order valence-corrected chi connectivity index (χ0v) is 12.1. The molecule has 1 aliphatic rings. The van der Waals surface area contributed by atoms with Crippen LogP contribution in [-0.4, -0.2) is 17.1 Å². The Morgan fingerprint density at radius 3 is 2.85 bits per heavy atom. The molecule has 2 aromatic carbocycles. The molecule has 2 aromatic rings. The molecule has 0 amide bonds. The standard InChI is InChI=1S/C18H21NO/c1-13-7-10-18(20)15(11-13)12-19(2)17-9-8-14-5-3-4-6-16(14)17/h3-7,10-11,17,20H,8-9,12H2,1-2H3. The summed E-state index contributed by atoms with van der Waals surface area (Å²) in [5.41, 5.74) is 5.12. The minimum atomic E-state index is 0.397. The van der Waals surface area contributed by atoms with Crippen molar-refractivity contribution in [1.82, 2.24) is 4.90 Å². The van der Waals surface area contributed by atoms with E-state index in [1.165, 1.54) is 23.1 Å². The Kier molecular flexibility index (Phi) is 3.49. The van der Waals surface area contributed by atoms with Gasteiger partial charge in [0.25, 0.3) is 0 Å². The number of benzene rings is 2. The van der Waals surface area contributed by atoms with Gasteiger partial charge in [0, 0.05) is 18.2 Å². The molecule has 2 heteroatoms. The lowest BCUT2D eigenvalue weighted by Gasteiger charge is -2.25. The molecule has 2 nitrogen and oxygen atoms in total. The van der Waals surface area contributed by atoms with Crippen molar-refractivity contribution in [3.05, 3.63) is 64.7 Å². The Hall–Kier alpha value is -1.80. The number of nitrogens with zero attached hydrogens (tertiary/aromatic N) is 1. The molecule has 0 aromatic heterocycles. The molecule has 0 heterocycles. The van der Waals surface area contributed by atoms with E-state index in [2.05, 4.69) is 49.2 Å². The van der Waals surface area contributed by atoms with Crippen molar-refractivity contribution in [3.63, 3.8) is 0 Å². The first-order valence-electron chi connectivity index (χ1n) is 7.21. The van der Waals surface area contributed by atoms with E-state index < -0.39 is 0 Å². The molecule has 0 aliphatic heterocycles. The van der Waals surface area contributed by atoms with Gasteiger partial charge in [-0.2, -0.15) is 0 Å². The highest BCUT2D eigenvalue weighted by Gasteiger charge is 2.25. The Labute approximate surface area is 120 Å². The van der Waals surface area contributed by atoms with Crippen LogP contribution in [0, 0.1) is 6.92 Å². The van der Waals surface area contributed by atoms with Crippen molar-refractivity contribution in [2.24, 2.45) is 0 Å². The zero-order valence-electron chi connectivity index (χ0n) is 12.1. The van der Waals surface area contributed by atoms with E-state index in [1.54, 1.807) is 6.07 Å². The zero-order chi connectivity index (χ0) is 14.1. The molecule has 0 bridgehead atoms. The number of rotatable bonds is 3. The van der Waals surface area contributed by atoms with Gasteiger partial charge in [0.1, 0.15) is 5.75 Å². The first-order chi connectivity index (χ1) is 9.65. The summed E-state index contributed by atoms with van der Waals surface area (Å²) in [6.45, 7) is 2.85. The molecule has 1 unspecified atom stereocenters. The van der Waals surface area contributed by atoms with Crippen molar-refractivity contribution >= 4 is 0 Å². The average Bonchev–Trinajstić information content (AvgIpc) is 2.87. The smallest absolute Gasteiger partial charge is 0.120 e. The Balaban J connectivity index is 1.81. The van der Waals surface area contributed by atoms with Crippen LogP contribution < -0.4 is 0 Å². The topological polar surface area (TPSA) is 23.5 Å². The molecule has 0 radical (unpaired) electrons. The average molecular weight is 267 g/mol. The molecular formula is C18H21NO. The maximum Gasteiger partial charge on any atom is 0.120 e. The fourth-order valence-corrected chi connectivity index (χ4v) is 3.21. The second kappa shape index (κ2) is 5.29. The molecule has 1 N–H and O–H groups in total. The van der Waals surface area contributed by atoms with Gasteiger partial charge in [-0.1, -0.05) is 42.0 Å². The van der Waals surface area contributed by atoms with Crippen LogP contribution >= 0.6 is 0 Å². The third-order valence-electron chi connectivity index (χ3n) is 4.29. The summed E-state index contributed by atoms with van der Waals surface area (Å²) in [6, 6.07) is 15.0. The van der Waals surface area contributed by atoms with Crippen LogP contribution in [0.25, 0.3) is 0 Å². The molecular weight excluding hydrogens is 246 g/mol. The second-order valence-electron chi connectivity index (χ2n) is 5.80. The Morgan fingerprint density at radius 2 is 2.00 bits per heavy atom. The van der Waals surface area contributed by atoms with Crippen LogP contribution in [0.2, 0.25) is 0 Å². The fraction of sp³-hybridized carbons (Fsp3) is 0.333. The molecule has 0 spiro atoms. The van der Waals surface area contributed by atoms with Gasteiger partial charge in [-0.3, -0.25) is 4.90 Å². The molecule has 3 rings (SSSR count). The summed E-state index contributed by atoms with van der Waals surface area (Å²) in [7, 11) is 2.15. The number of fused-ring (bicyclic) bond motifs is 1. The summed E-state index contributed by atoms with van der Waals surface area (Å²) < 4.78 is 0. The highest BCUT2D eigenvalue weighted by molar-refractivity contribution is 5.37. The Morgan fingerprint density at radius 1 is 1.20 bits per heavy atom. The maximum atomic E-state index is 10.00. The van der Waals surface area contributed by atoms with Crippen molar-refractivity contribution in [2.45, 2.75) is 32.4 Å². The number of hydrogen-bond acceptors (Lipinski definition) is 2. The van der Waals surface area contributed by atoms with Crippen molar-refractivity contribution in [2.75, 3.05) is 7.05 Å². The maximum absolute atomic E-state index is 10.00. The van der Waals surface area contributed by atoms with Crippen molar-refractivity contribution in [1.29, 1.82) is 0 Å². The molecule has 0 saturated carbocycles. The van der Waals surface area contributed by atoms with Crippen LogP contribution in [0.4, 0.5) is 0 Å². The quantitative estimate of drug-likeness (QED) is 0.914. The summed E-state index contributed by atoms with van der Waals surface area (Å²) in [6.07, 6.45) is 2.33. The number of phenolic OH excluding ortho intramolecular Hbond substituents is 1. The van der Waals surface area contributed by atoms with Crippen molar-refractivity contribution < 1.29 is 5.11 Å². The highest BCUT2D eigenvalue weighted by atomic mass is 16.3. The molecule has 1 atom stereocenters. The molecule has 0 fully saturated rings. The summed E-state index contributed by atoms with van der Waals surface area (Å²) in [4.78, 5) is 2.35. The lowest BCUT2D eigenvalue weighted by molar-refractivity contribution is 0.233. The first kappa shape index (κ1) is 13.2. The number of phenols is 1. The monoisotopic (exact) mass is 267 g/mol. The van der Waals surface area contributed by atoms with Gasteiger partial charge in [0.2, 0.25) is 0 Å². The molecule has 0 saturated heterocycles. The summed E-state index contributed by atoms with van der Waals surface area (Å²) >= 11 is 0. The van der Waals surface area contributed by atoms with E-state index in [0.29, 0.717) is 11.8 Å². The van der Waals surface area contributed by atoms with Crippen LogP contribution in [0.15, 0.2) is 42.5 Å². The summed E-state index contributed by atoms with van der Waals surface area (Å²) in [5, 5.41) is 10.00. The second-order valence-corrected chi connectivity index (χ2v) is 5.80.